The van der Waals surface area contributed by atoms with Crippen molar-refractivity contribution in [1.29, 1.82) is 0 Å². The van der Waals surface area contributed by atoms with Crippen molar-refractivity contribution >= 4 is 11.9 Å². The van der Waals surface area contributed by atoms with Crippen molar-refractivity contribution < 1.29 is 23.8 Å². The van der Waals surface area contributed by atoms with Gasteiger partial charge in [0.2, 0.25) is 0 Å². The first-order chi connectivity index (χ1) is 15.8. The van der Waals surface area contributed by atoms with Gasteiger partial charge >= 0.3 is 5.97 Å². The van der Waals surface area contributed by atoms with Crippen LogP contribution in [-0.4, -0.2) is 48.7 Å². The number of benzene rings is 2. The number of ether oxygens (including phenoxy) is 3. The third kappa shape index (κ3) is 7.32. The number of amides is 1. The summed E-state index contributed by atoms with van der Waals surface area (Å²) in [7, 11) is 1.66. The van der Waals surface area contributed by atoms with E-state index in [1.54, 1.807) is 7.11 Å². The van der Waals surface area contributed by atoms with Gasteiger partial charge in [-0.1, -0.05) is 30.3 Å². The monoisotopic (exact) mass is 453 g/mol. The van der Waals surface area contributed by atoms with Crippen molar-refractivity contribution in [2.24, 2.45) is 0 Å². The Morgan fingerprint density at radius 3 is 2.58 bits per heavy atom. The zero-order chi connectivity index (χ0) is 23.8. The molecule has 0 bridgehead atoms. The number of esters is 1. The Morgan fingerprint density at radius 2 is 1.88 bits per heavy atom. The molecule has 1 heterocycles. The van der Waals surface area contributed by atoms with Crippen molar-refractivity contribution in [1.82, 2.24) is 4.90 Å². The number of rotatable bonds is 10. The Morgan fingerprint density at radius 1 is 1.12 bits per heavy atom. The SMILES string of the molecule is COCCCC(CC(=O)OC(C)(C)C)N1CCc2cc(OCc3ccccc3)ccc2C1=O. The molecule has 2 aromatic rings. The maximum Gasteiger partial charge on any atom is 0.308 e. The van der Waals surface area contributed by atoms with Crippen molar-refractivity contribution in [3.63, 3.8) is 0 Å². The van der Waals surface area contributed by atoms with E-state index in [-0.39, 0.29) is 24.3 Å². The quantitative estimate of drug-likeness (QED) is 0.382. The van der Waals surface area contributed by atoms with Crippen molar-refractivity contribution in [3.8, 4) is 5.75 Å². The Balaban J connectivity index is 1.69. The fourth-order valence-corrected chi connectivity index (χ4v) is 4.07. The first kappa shape index (κ1) is 24.8. The molecule has 6 heteroatoms. The molecule has 1 unspecified atom stereocenters. The molecule has 1 atom stereocenters. The lowest BCUT2D eigenvalue weighted by atomic mass is 9.95. The van der Waals surface area contributed by atoms with Crippen LogP contribution in [0.5, 0.6) is 5.75 Å². The third-order valence-corrected chi connectivity index (χ3v) is 5.59. The Kier molecular flexibility index (Phi) is 8.50. The van der Waals surface area contributed by atoms with Crippen LogP contribution in [0.25, 0.3) is 0 Å². The second kappa shape index (κ2) is 11.3. The summed E-state index contributed by atoms with van der Waals surface area (Å²) in [5.74, 6) is 0.425. The first-order valence-electron chi connectivity index (χ1n) is 11.6. The van der Waals surface area contributed by atoms with Crippen LogP contribution in [0.3, 0.4) is 0 Å². The Hall–Kier alpha value is -2.86. The summed E-state index contributed by atoms with van der Waals surface area (Å²) >= 11 is 0. The summed E-state index contributed by atoms with van der Waals surface area (Å²) in [5, 5.41) is 0. The molecule has 0 fully saturated rings. The van der Waals surface area contributed by atoms with E-state index in [0.29, 0.717) is 31.7 Å². The summed E-state index contributed by atoms with van der Waals surface area (Å²) in [5.41, 5.74) is 2.20. The number of carbonyl (C=O) groups excluding carboxylic acids is 2. The molecular weight excluding hydrogens is 418 g/mol. The molecule has 0 spiro atoms. The molecule has 1 aliphatic rings. The van der Waals surface area contributed by atoms with Gasteiger partial charge < -0.3 is 19.1 Å². The van der Waals surface area contributed by atoms with E-state index in [4.69, 9.17) is 14.2 Å². The second-order valence-electron chi connectivity index (χ2n) is 9.42. The molecule has 2 aromatic carbocycles. The highest BCUT2D eigenvalue weighted by Gasteiger charge is 2.32. The lowest BCUT2D eigenvalue weighted by Gasteiger charge is -2.36. The first-order valence-corrected chi connectivity index (χ1v) is 11.6. The largest absolute Gasteiger partial charge is 0.489 e. The predicted molar refractivity (Wildman–Crippen MR) is 127 cm³/mol. The Bertz CT molecular complexity index is 935. The van der Waals surface area contributed by atoms with Crippen LogP contribution in [0, 0.1) is 0 Å². The number of methoxy groups -OCH3 is 1. The van der Waals surface area contributed by atoms with E-state index >= 15 is 0 Å². The van der Waals surface area contributed by atoms with Crippen LogP contribution in [0.15, 0.2) is 48.5 Å². The molecule has 1 aliphatic heterocycles. The topological polar surface area (TPSA) is 65.1 Å². The van der Waals surface area contributed by atoms with Crippen molar-refractivity contribution in [3.05, 3.63) is 65.2 Å². The average molecular weight is 454 g/mol. The molecule has 178 valence electrons. The van der Waals surface area contributed by atoms with Gasteiger partial charge in [-0.05, 0) is 69.4 Å². The third-order valence-electron chi connectivity index (χ3n) is 5.59. The van der Waals surface area contributed by atoms with Gasteiger partial charge in [0.1, 0.15) is 18.0 Å². The number of carbonyl (C=O) groups is 2. The van der Waals surface area contributed by atoms with Crippen LogP contribution in [0.1, 0.15) is 61.5 Å². The van der Waals surface area contributed by atoms with E-state index in [9.17, 15) is 9.59 Å². The average Bonchev–Trinajstić information content (AvgIpc) is 2.77. The normalized spacial score (nSPS) is 14.5. The van der Waals surface area contributed by atoms with Crippen LogP contribution in [-0.2, 0) is 27.3 Å². The molecular formula is C27H35NO5. The summed E-state index contributed by atoms with van der Waals surface area (Å²) < 4.78 is 16.6. The van der Waals surface area contributed by atoms with E-state index in [1.165, 1.54) is 0 Å². The lowest BCUT2D eigenvalue weighted by molar-refractivity contribution is -0.156. The van der Waals surface area contributed by atoms with E-state index < -0.39 is 5.60 Å². The molecule has 1 amide bonds. The van der Waals surface area contributed by atoms with E-state index in [2.05, 4.69) is 0 Å². The number of nitrogens with zero attached hydrogens (tertiary/aromatic N) is 1. The van der Waals surface area contributed by atoms with Crippen LogP contribution in [0.4, 0.5) is 0 Å². The molecule has 0 saturated heterocycles. The number of hydrogen-bond acceptors (Lipinski definition) is 5. The molecule has 3 rings (SSSR count). The highest BCUT2D eigenvalue weighted by Crippen LogP contribution is 2.28. The van der Waals surface area contributed by atoms with Crippen LogP contribution < -0.4 is 4.74 Å². The standard InChI is InChI=1S/C27H35NO5/c1-27(2,3)33-25(29)18-22(11-8-16-31-4)28-15-14-21-17-23(12-13-24(21)26(28)30)32-19-20-9-6-5-7-10-20/h5-7,9-10,12-13,17,22H,8,11,14-16,18-19H2,1-4H3. The zero-order valence-electron chi connectivity index (χ0n) is 20.1. The smallest absolute Gasteiger partial charge is 0.308 e. The maximum atomic E-state index is 13.4. The molecule has 0 aliphatic carbocycles. The van der Waals surface area contributed by atoms with Crippen molar-refractivity contribution in [2.45, 2.75) is 64.7 Å². The van der Waals surface area contributed by atoms with Gasteiger partial charge in [-0.15, -0.1) is 0 Å². The molecule has 0 aromatic heterocycles. The highest BCUT2D eigenvalue weighted by molar-refractivity contribution is 5.97. The fraction of sp³-hybridized carbons (Fsp3) is 0.481. The van der Waals surface area contributed by atoms with E-state index in [1.807, 2.05) is 74.2 Å². The Labute approximate surface area is 196 Å². The minimum absolute atomic E-state index is 0.0446. The summed E-state index contributed by atoms with van der Waals surface area (Å²) in [6.45, 7) is 7.19. The minimum atomic E-state index is -0.553. The fourth-order valence-electron chi connectivity index (χ4n) is 4.07. The summed E-state index contributed by atoms with van der Waals surface area (Å²) in [6.07, 6.45) is 2.36. The van der Waals surface area contributed by atoms with Gasteiger partial charge in [-0.3, -0.25) is 9.59 Å². The van der Waals surface area contributed by atoms with Gasteiger partial charge in [0.25, 0.3) is 5.91 Å². The lowest BCUT2D eigenvalue weighted by Crippen LogP contribution is -2.46. The van der Waals surface area contributed by atoms with Crippen LogP contribution in [0.2, 0.25) is 0 Å². The van der Waals surface area contributed by atoms with Crippen molar-refractivity contribution in [2.75, 3.05) is 20.3 Å². The maximum absolute atomic E-state index is 13.4. The number of hydrogen-bond donors (Lipinski definition) is 0. The second-order valence-corrected chi connectivity index (χ2v) is 9.42. The highest BCUT2D eigenvalue weighted by atomic mass is 16.6. The van der Waals surface area contributed by atoms with E-state index in [0.717, 1.165) is 29.7 Å². The van der Waals surface area contributed by atoms with Gasteiger partial charge in [-0.2, -0.15) is 0 Å². The molecule has 0 N–H and O–H groups in total. The van der Waals surface area contributed by atoms with Gasteiger partial charge in [0.05, 0.1) is 6.42 Å². The molecule has 33 heavy (non-hydrogen) atoms. The molecule has 0 saturated carbocycles. The summed E-state index contributed by atoms with van der Waals surface area (Å²) in [4.78, 5) is 27.7. The van der Waals surface area contributed by atoms with Gasteiger partial charge in [-0.25, -0.2) is 0 Å². The number of fused-ring (bicyclic) bond motifs is 1. The molecule has 6 nitrogen and oxygen atoms in total. The van der Waals surface area contributed by atoms with Gasteiger partial charge in [0.15, 0.2) is 0 Å². The predicted octanol–water partition coefficient (Wildman–Crippen LogP) is 4.79. The minimum Gasteiger partial charge on any atom is -0.489 e. The van der Waals surface area contributed by atoms with Gasteiger partial charge in [0, 0.05) is 31.9 Å². The zero-order valence-corrected chi connectivity index (χ0v) is 20.1. The molecule has 0 radical (unpaired) electrons. The summed E-state index contributed by atoms with van der Waals surface area (Å²) in [6, 6.07) is 15.4. The van der Waals surface area contributed by atoms with Crippen LogP contribution >= 0.6 is 0 Å².